The Balaban J connectivity index is 1.90. The number of nitrogens with zero attached hydrogens (tertiary/aromatic N) is 1. The van der Waals surface area contributed by atoms with Gasteiger partial charge in [0.15, 0.2) is 5.11 Å². The molecule has 1 saturated carbocycles. The van der Waals surface area contributed by atoms with Crippen LogP contribution in [0.2, 0.25) is 5.02 Å². The van der Waals surface area contributed by atoms with Gasteiger partial charge in [0.2, 0.25) is 0 Å². The average Bonchev–Trinajstić information content (AvgIpc) is 3.05. The molecular formula is C11H14ClN3S. The van der Waals surface area contributed by atoms with E-state index in [4.69, 9.17) is 29.6 Å². The van der Waals surface area contributed by atoms with Crippen LogP contribution >= 0.6 is 23.8 Å². The minimum Gasteiger partial charge on any atom is -0.375 e. The van der Waals surface area contributed by atoms with E-state index in [0.29, 0.717) is 17.7 Å². The Kier molecular flexibility index (Phi) is 3.63. The lowest BCUT2D eigenvalue weighted by Crippen LogP contribution is -2.46. The summed E-state index contributed by atoms with van der Waals surface area (Å²) >= 11 is 10.8. The van der Waals surface area contributed by atoms with Crippen LogP contribution in [0.5, 0.6) is 0 Å². The van der Waals surface area contributed by atoms with E-state index < -0.39 is 0 Å². The van der Waals surface area contributed by atoms with Crippen molar-refractivity contribution >= 4 is 28.9 Å². The predicted octanol–water partition coefficient (Wildman–Crippen LogP) is 2.05. The Morgan fingerprint density at radius 3 is 2.56 bits per heavy atom. The average molecular weight is 256 g/mol. The summed E-state index contributed by atoms with van der Waals surface area (Å²) in [5.74, 6) is 0. The van der Waals surface area contributed by atoms with Crippen molar-refractivity contribution in [1.29, 1.82) is 0 Å². The van der Waals surface area contributed by atoms with Crippen LogP contribution in [0.25, 0.3) is 0 Å². The van der Waals surface area contributed by atoms with Crippen molar-refractivity contribution in [2.75, 3.05) is 0 Å². The summed E-state index contributed by atoms with van der Waals surface area (Å²) in [4.78, 5) is 0. The van der Waals surface area contributed by atoms with Gasteiger partial charge in [0.1, 0.15) is 0 Å². The van der Waals surface area contributed by atoms with Crippen molar-refractivity contribution in [3.8, 4) is 0 Å². The van der Waals surface area contributed by atoms with E-state index >= 15 is 0 Å². The number of thiocarbonyl (C=S) groups is 1. The second-order valence-corrected chi connectivity index (χ2v) is 4.76. The molecule has 1 aromatic rings. The molecule has 86 valence electrons. The fourth-order valence-corrected chi connectivity index (χ4v) is 1.84. The van der Waals surface area contributed by atoms with Crippen LogP contribution < -0.4 is 11.2 Å². The fraction of sp³-hybridized carbons (Fsp3) is 0.364. The van der Waals surface area contributed by atoms with Crippen LogP contribution in [0.15, 0.2) is 24.3 Å². The number of hydrogen-bond donors (Lipinski definition) is 2. The standard InChI is InChI=1S/C11H14ClN3S/c12-9-3-1-8(2-4-9)7-14-15(11(13)16)10-5-6-10/h1-4,10,14H,5-7H2,(H2,13,16). The largest absolute Gasteiger partial charge is 0.375 e. The number of hydrogen-bond acceptors (Lipinski definition) is 2. The van der Waals surface area contributed by atoms with Crippen molar-refractivity contribution < 1.29 is 0 Å². The number of rotatable bonds is 4. The van der Waals surface area contributed by atoms with Crippen molar-refractivity contribution in [2.45, 2.75) is 25.4 Å². The summed E-state index contributed by atoms with van der Waals surface area (Å²) < 4.78 is 0. The monoisotopic (exact) mass is 255 g/mol. The van der Waals surface area contributed by atoms with Gasteiger partial charge in [-0.3, -0.25) is 5.01 Å². The Morgan fingerprint density at radius 1 is 1.44 bits per heavy atom. The highest BCUT2D eigenvalue weighted by Gasteiger charge is 2.29. The molecule has 0 bridgehead atoms. The van der Waals surface area contributed by atoms with E-state index in [1.165, 1.54) is 0 Å². The molecule has 0 aromatic heterocycles. The van der Waals surface area contributed by atoms with Gasteiger partial charge in [0.05, 0.1) is 0 Å². The van der Waals surface area contributed by atoms with E-state index in [1.807, 2.05) is 29.3 Å². The normalized spacial score (nSPS) is 14.8. The van der Waals surface area contributed by atoms with Crippen LogP contribution in [0, 0.1) is 0 Å². The number of hydrazine groups is 1. The molecule has 0 saturated heterocycles. The lowest BCUT2D eigenvalue weighted by Gasteiger charge is -2.23. The van der Waals surface area contributed by atoms with Gasteiger partial charge in [-0.25, -0.2) is 5.43 Å². The maximum Gasteiger partial charge on any atom is 0.181 e. The molecule has 1 aliphatic carbocycles. The van der Waals surface area contributed by atoms with Gasteiger partial charge in [-0.1, -0.05) is 23.7 Å². The zero-order valence-corrected chi connectivity index (χ0v) is 10.4. The molecule has 0 atom stereocenters. The molecule has 16 heavy (non-hydrogen) atoms. The summed E-state index contributed by atoms with van der Waals surface area (Å²) in [6.07, 6.45) is 2.32. The molecule has 5 heteroatoms. The maximum absolute atomic E-state index is 5.81. The molecule has 0 aliphatic heterocycles. The summed E-state index contributed by atoms with van der Waals surface area (Å²) in [5, 5.41) is 3.04. The topological polar surface area (TPSA) is 41.3 Å². The lowest BCUT2D eigenvalue weighted by atomic mass is 10.2. The van der Waals surface area contributed by atoms with Gasteiger partial charge in [0, 0.05) is 17.6 Å². The van der Waals surface area contributed by atoms with Crippen LogP contribution in [0.4, 0.5) is 0 Å². The Bertz CT molecular complexity index is 375. The third kappa shape index (κ3) is 3.07. The highest BCUT2D eigenvalue weighted by molar-refractivity contribution is 7.80. The predicted molar refractivity (Wildman–Crippen MR) is 69.9 cm³/mol. The van der Waals surface area contributed by atoms with Gasteiger partial charge in [-0.15, -0.1) is 0 Å². The maximum atomic E-state index is 5.81. The van der Waals surface area contributed by atoms with Gasteiger partial charge in [-0.05, 0) is 42.8 Å². The second kappa shape index (κ2) is 4.99. The number of nitrogens with two attached hydrogens (primary N) is 1. The number of halogens is 1. The van der Waals surface area contributed by atoms with E-state index in [1.54, 1.807) is 0 Å². The Hall–Kier alpha value is -0.840. The molecule has 0 amide bonds. The highest BCUT2D eigenvalue weighted by atomic mass is 35.5. The first-order valence-electron chi connectivity index (χ1n) is 5.23. The van der Waals surface area contributed by atoms with Gasteiger partial charge in [-0.2, -0.15) is 0 Å². The fourth-order valence-electron chi connectivity index (χ4n) is 1.50. The Labute approximate surface area is 106 Å². The summed E-state index contributed by atoms with van der Waals surface area (Å²) in [6.45, 7) is 0.713. The molecule has 0 unspecified atom stereocenters. The van der Waals surface area contributed by atoms with Crippen LogP contribution in [0.1, 0.15) is 18.4 Å². The zero-order valence-electron chi connectivity index (χ0n) is 8.82. The molecular weight excluding hydrogens is 242 g/mol. The van der Waals surface area contributed by atoms with Crippen LogP contribution in [-0.2, 0) is 6.54 Å². The quantitative estimate of drug-likeness (QED) is 0.638. The number of nitrogens with one attached hydrogen (secondary N) is 1. The van der Waals surface area contributed by atoms with E-state index in [-0.39, 0.29) is 0 Å². The first-order valence-corrected chi connectivity index (χ1v) is 6.02. The molecule has 3 N–H and O–H groups in total. The highest BCUT2D eigenvalue weighted by Crippen LogP contribution is 2.25. The van der Waals surface area contributed by atoms with Crippen molar-refractivity contribution in [1.82, 2.24) is 10.4 Å². The molecule has 0 radical (unpaired) electrons. The third-order valence-electron chi connectivity index (χ3n) is 2.52. The first-order chi connectivity index (χ1) is 7.66. The first kappa shape index (κ1) is 11.6. The lowest BCUT2D eigenvalue weighted by molar-refractivity contribution is 0.296. The molecule has 1 aromatic carbocycles. The molecule has 0 heterocycles. The van der Waals surface area contributed by atoms with Crippen LogP contribution in [-0.4, -0.2) is 16.2 Å². The van der Waals surface area contributed by atoms with E-state index in [0.717, 1.165) is 23.4 Å². The van der Waals surface area contributed by atoms with E-state index in [2.05, 4.69) is 5.43 Å². The second-order valence-electron chi connectivity index (χ2n) is 3.90. The SMILES string of the molecule is NC(=S)N(NCc1ccc(Cl)cc1)C1CC1. The van der Waals surface area contributed by atoms with Crippen molar-refractivity contribution in [3.05, 3.63) is 34.9 Å². The van der Waals surface area contributed by atoms with Crippen LogP contribution in [0.3, 0.4) is 0 Å². The zero-order chi connectivity index (χ0) is 11.5. The smallest absolute Gasteiger partial charge is 0.181 e. The summed E-state index contributed by atoms with van der Waals surface area (Å²) in [5.41, 5.74) is 10.0. The minimum absolute atomic E-state index is 0.413. The van der Waals surface area contributed by atoms with Crippen molar-refractivity contribution in [2.24, 2.45) is 5.73 Å². The van der Waals surface area contributed by atoms with Crippen molar-refractivity contribution in [3.63, 3.8) is 0 Å². The Morgan fingerprint density at radius 2 is 2.06 bits per heavy atom. The minimum atomic E-state index is 0.413. The number of benzene rings is 1. The molecule has 0 spiro atoms. The van der Waals surface area contributed by atoms with Gasteiger partial charge in [0.25, 0.3) is 0 Å². The molecule has 3 nitrogen and oxygen atoms in total. The van der Waals surface area contributed by atoms with Gasteiger partial charge < -0.3 is 5.73 Å². The van der Waals surface area contributed by atoms with Gasteiger partial charge >= 0.3 is 0 Å². The van der Waals surface area contributed by atoms with E-state index in [9.17, 15) is 0 Å². The molecule has 1 aliphatic rings. The summed E-state index contributed by atoms with van der Waals surface area (Å²) in [7, 11) is 0. The molecule has 2 rings (SSSR count). The third-order valence-corrected chi connectivity index (χ3v) is 2.96. The summed E-state index contributed by atoms with van der Waals surface area (Å²) in [6, 6.07) is 8.20. The molecule has 1 fully saturated rings.